The number of halogens is 1. The number of carbonyl (C=O) groups excluding carboxylic acids is 1. The molecule has 1 N–H and O–H groups in total. The van der Waals surface area contributed by atoms with Crippen molar-refractivity contribution in [2.75, 3.05) is 0 Å². The molecule has 7 nitrogen and oxygen atoms in total. The lowest BCUT2D eigenvalue weighted by atomic mass is 9.75. The molecule has 1 saturated carbocycles. The Kier molecular flexibility index (Phi) is 3.89. The van der Waals surface area contributed by atoms with E-state index >= 15 is 0 Å². The number of rotatable bonds is 2. The van der Waals surface area contributed by atoms with E-state index in [1.807, 2.05) is 0 Å². The van der Waals surface area contributed by atoms with Crippen LogP contribution in [-0.4, -0.2) is 30.9 Å². The number of aromatic nitrogens is 5. The van der Waals surface area contributed by atoms with E-state index in [4.69, 9.17) is 9.72 Å². The van der Waals surface area contributed by atoms with Crippen LogP contribution < -0.4 is 0 Å². The van der Waals surface area contributed by atoms with Crippen molar-refractivity contribution in [2.24, 2.45) is 0 Å². The first-order chi connectivity index (χ1) is 15.1. The fraction of sp³-hybridized carbons (Fsp3) is 0.261. The van der Waals surface area contributed by atoms with Crippen LogP contribution in [0.4, 0.5) is 4.39 Å². The molecule has 1 aromatic carbocycles. The molecule has 1 fully saturated rings. The summed E-state index contributed by atoms with van der Waals surface area (Å²) in [5.41, 5.74) is 2.86. The van der Waals surface area contributed by atoms with Gasteiger partial charge in [0.2, 0.25) is 0 Å². The SMILES string of the molecule is O=C1O[C@]2(CC[C@H](c3nc4nc(-c5cccc(F)c5)ncc4[nH]3)CC2)c2cnccc21. The van der Waals surface area contributed by atoms with Crippen molar-refractivity contribution in [1.82, 2.24) is 24.9 Å². The number of esters is 1. The van der Waals surface area contributed by atoms with E-state index in [1.54, 1.807) is 36.8 Å². The van der Waals surface area contributed by atoms with Crippen LogP contribution in [-0.2, 0) is 10.3 Å². The number of nitrogens with one attached hydrogen (secondary N) is 1. The van der Waals surface area contributed by atoms with Crippen LogP contribution in [0.1, 0.15) is 53.3 Å². The highest BCUT2D eigenvalue weighted by atomic mass is 19.1. The molecule has 1 aliphatic carbocycles. The monoisotopic (exact) mass is 415 g/mol. The van der Waals surface area contributed by atoms with Gasteiger partial charge in [0.05, 0.1) is 11.8 Å². The quantitative estimate of drug-likeness (QED) is 0.491. The van der Waals surface area contributed by atoms with Crippen LogP contribution in [0, 0.1) is 5.82 Å². The molecule has 6 rings (SSSR count). The van der Waals surface area contributed by atoms with Gasteiger partial charge in [-0.2, -0.15) is 0 Å². The van der Waals surface area contributed by atoms with Gasteiger partial charge in [-0.15, -0.1) is 0 Å². The molecule has 0 radical (unpaired) electrons. The van der Waals surface area contributed by atoms with Gasteiger partial charge in [-0.25, -0.2) is 24.1 Å². The molecule has 2 aliphatic rings. The predicted octanol–water partition coefficient (Wildman–Crippen LogP) is 4.28. The first-order valence-electron chi connectivity index (χ1n) is 10.3. The Labute approximate surface area is 176 Å². The van der Waals surface area contributed by atoms with Crippen LogP contribution in [0.5, 0.6) is 0 Å². The smallest absolute Gasteiger partial charge is 0.339 e. The Morgan fingerprint density at radius 2 is 2.00 bits per heavy atom. The molecule has 0 bridgehead atoms. The number of pyridine rings is 1. The summed E-state index contributed by atoms with van der Waals surface area (Å²) in [6.45, 7) is 0. The molecule has 4 aromatic rings. The number of nitrogens with zero attached hydrogens (tertiary/aromatic N) is 4. The summed E-state index contributed by atoms with van der Waals surface area (Å²) in [5, 5.41) is 0. The molecular formula is C23H18FN5O2. The highest BCUT2D eigenvalue weighted by Gasteiger charge is 2.48. The van der Waals surface area contributed by atoms with E-state index in [0.29, 0.717) is 22.6 Å². The molecule has 154 valence electrons. The Morgan fingerprint density at radius 3 is 2.84 bits per heavy atom. The topological polar surface area (TPSA) is 93.6 Å². The van der Waals surface area contributed by atoms with E-state index in [9.17, 15) is 9.18 Å². The van der Waals surface area contributed by atoms with Gasteiger partial charge in [-0.3, -0.25) is 4.98 Å². The summed E-state index contributed by atoms with van der Waals surface area (Å²) in [6.07, 6.45) is 8.16. The summed E-state index contributed by atoms with van der Waals surface area (Å²) < 4.78 is 19.4. The summed E-state index contributed by atoms with van der Waals surface area (Å²) in [7, 11) is 0. The lowest BCUT2D eigenvalue weighted by molar-refractivity contribution is -0.0313. The molecule has 0 amide bonds. The zero-order chi connectivity index (χ0) is 21.0. The van der Waals surface area contributed by atoms with Crippen LogP contribution in [0.15, 0.2) is 48.9 Å². The third kappa shape index (κ3) is 2.90. The lowest BCUT2D eigenvalue weighted by Crippen LogP contribution is -2.31. The van der Waals surface area contributed by atoms with E-state index in [2.05, 4.69) is 19.9 Å². The minimum atomic E-state index is -0.576. The van der Waals surface area contributed by atoms with E-state index in [0.717, 1.165) is 42.6 Å². The van der Waals surface area contributed by atoms with Crippen LogP contribution in [0.25, 0.3) is 22.6 Å². The first kappa shape index (κ1) is 18.1. The standard InChI is InChI=1S/C23H18FN5O2/c24-15-3-1-2-14(10-15)19-26-12-18-21(28-19)29-20(27-18)13-4-7-23(8-5-13)17-11-25-9-6-16(17)22(30)31-23/h1-3,6,9-13H,4-5,7-8H2,(H,26,27,28,29)/t13-,23-. The minimum absolute atomic E-state index is 0.205. The second-order valence-electron chi connectivity index (χ2n) is 8.14. The average Bonchev–Trinajstić information content (AvgIpc) is 3.33. The van der Waals surface area contributed by atoms with Crippen LogP contribution in [0.3, 0.4) is 0 Å². The number of imidazole rings is 1. The summed E-state index contributed by atoms with van der Waals surface area (Å²) in [4.78, 5) is 33.4. The van der Waals surface area contributed by atoms with Crippen molar-refractivity contribution in [2.45, 2.75) is 37.2 Å². The molecule has 4 heterocycles. The van der Waals surface area contributed by atoms with Gasteiger partial charge in [-0.05, 0) is 43.9 Å². The van der Waals surface area contributed by atoms with E-state index < -0.39 is 5.60 Å². The zero-order valence-electron chi connectivity index (χ0n) is 16.5. The average molecular weight is 415 g/mol. The summed E-state index contributed by atoms with van der Waals surface area (Å²) in [5.74, 6) is 0.905. The number of ether oxygens (including phenoxy) is 1. The summed E-state index contributed by atoms with van der Waals surface area (Å²) in [6, 6.07) is 7.93. The van der Waals surface area contributed by atoms with E-state index in [1.165, 1.54) is 12.1 Å². The largest absolute Gasteiger partial charge is 0.450 e. The molecule has 0 unspecified atom stereocenters. The summed E-state index contributed by atoms with van der Waals surface area (Å²) >= 11 is 0. The van der Waals surface area contributed by atoms with E-state index in [-0.39, 0.29) is 17.7 Å². The molecule has 3 aromatic heterocycles. The highest BCUT2D eigenvalue weighted by Crippen LogP contribution is 2.49. The van der Waals surface area contributed by atoms with Gasteiger partial charge in [0, 0.05) is 29.4 Å². The van der Waals surface area contributed by atoms with Crippen molar-refractivity contribution < 1.29 is 13.9 Å². The third-order valence-corrected chi connectivity index (χ3v) is 6.34. The van der Waals surface area contributed by atoms with Gasteiger partial charge in [0.25, 0.3) is 0 Å². The Bertz CT molecular complexity index is 1330. The normalized spacial score (nSPS) is 22.6. The van der Waals surface area contributed by atoms with Gasteiger partial charge < -0.3 is 9.72 Å². The molecule has 0 saturated heterocycles. The number of aromatic amines is 1. The van der Waals surface area contributed by atoms with Crippen molar-refractivity contribution in [3.8, 4) is 11.4 Å². The van der Waals surface area contributed by atoms with Crippen LogP contribution in [0.2, 0.25) is 0 Å². The predicted molar refractivity (Wildman–Crippen MR) is 110 cm³/mol. The molecule has 1 aliphatic heterocycles. The number of H-pyrrole nitrogens is 1. The Morgan fingerprint density at radius 1 is 1.13 bits per heavy atom. The number of hydrogen-bond acceptors (Lipinski definition) is 6. The van der Waals surface area contributed by atoms with Crippen LogP contribution >= 0.6 is 0 Å². The third-order valence-electron chi connectivity index (χ3n) is 6.34. The number of carbonyl (C=O) groups is 1. The molecule has 0 atom stereocenters. The maximum atomic E-state index is 13.5. The maximum absolute atomic E-state index is 13.5. The molecular weight excluding hydrogens is 397 g/mol. The lowest BCUT2D eigenvalue weighted by Gasteiger charge is -2.35. The Balaban J connectivity index is 1.26. The molecule has 31 heavy (non-hydrogen) atoms. The first-order valence-corrected chi connectivity index (χ1v) is 10.3. The second kappa shape index (κ2) is 6.66. The van der Waals surface area contributed by atoms with Crippen molar-refractivity contribution in [3.63, 3.8) is 0 Å². The number of fused-ring (bicyclic) bond motifs is 3. The number of hydrogen-bond donors (Lipinski definition) is 1. The highest BCUT2D eigenvalue weighted by molar-refractivity contribution is 5.94. The maximum Gasteiger partial charge on any atom is 0.339 e. The van der Waals surface area contributed by atoms with Crippen molar-refractivity contribution in [1.29, 1.82) is 0 Å². The zero-order valence-corrected chi connectivity index (χ0v) is 16.5. The minimum Gasteiger partial charge on any atom is -0.450 e. The Hall–Kier alpha value is -3.68. The molecule has 8 heteroatoms. The van der Waals surface area contributed by atoms with Crippen molar-refractivity contribution in [3.05, 3.63) is 71.7 Å². The van der Waals surface area contributed by atoms with Gasteiger partial charge in [-0.1, -0.05) is 12.1 Å². The fourth-order valence-electron chi connectivity index (χ4n) is 4.74. The fourth-order valence-corrected chi connectivity index (χ4v) is 4.74. The van der Waals surface area contributed by atoms with Gasteiger partial charge >= 0.3 is 5.97 Å². The van der Waals surface area contributed by atoms with Gasteiger partial charge in [0.1, 0.15) is 22.8 Å². The molecule has 1 spiro atoms. The number of benzene rings is 1. The second-order valence-corrected chi connectivity index (χ2v) is 8.14. The van der Waals surface area contributed by atoms with Crippen molar-refractivity contribution >= 4 is 17.1 Å². The van der Waals surface area contributed by atoms with Gasteiger partial charge in [0.15, 0.2) is 11.5 Å².